The first-order valence-corrected chi connectivity index (χ1v) is 8.98. The molecule has 0 fully saturated rings. The molecule has 0 amide bonds. The van der Waals surface area contributed by atoms with E-state index in [1.54, 1.807) is 6.07 Å². The van der Waals surface area contributed by atoms with E-state index in [1.165, 1.54) is 4.31 Å². The number of halogens is 1. The monoisotopic (exact) mass is 336 g/mol. The summed E-state index contributed by atoms with van der Waals surface area (Å²) in [6.07, 6.45) is 1.73. The molecule has 6 heteroatoms. The van der Waals surface area contributed by atoms with Gasteiger partial charge in [0, 0.05) is 18.1 Å². The third kappa shape index (κ3) is 3.11. The smallest absolute Gasteiger partial charge is 0.258 e. The molecule has 1 N–H and O–H groups in total. The van der Waals surface area contributed by atoms with Gasteiger partial charge in [-0.05, 0) is 36.1 Å². The zero-order valence-corrected chi connectivity index (χ0v) is 13.6. The van der Waals surface area contributed by atoms with Crippen LogP contribution in [0.2, 0.25) is 5.02 Å². The number of benzene rings is 2. The SMILES string of the molecule is O=S(=O)(NCc1ccccc1Cl)N1CCCc2ccccc21. The van der Waals surface area contributed by atoms with Crippen LogP contribution in [0.15, 0.2) is 48.5 Å². The largest absolute Gasteiger partial charge is 0.301 e. The van der Waals surface area contributed by atoms with E-state index in [2.05, 4.69) is 4.72 Å². The lowest BCUT2D eigenvalue weighted by Crippen LogP contribution is -2.43. The Hall–Kier alpha value is -1.56. The van der Waals surface area contributed by atoms with Crippen molar-refractivity contribution in [2.45, 2.75) is 19.4 Å². The first-order valence-electron chi connectivity index (χ1n) is 7.16. The molecule has 1 heterocycles. The summed E-state index contributed by atoms with van der Waals surface area (Å²) in [4.78, 5) is 0. The molecule has 0 saturated heterocycles. The van der Waals surface area contributed by atoms with E-state index in [0.29, 0.717) is 11.6 Å². The summed E-state index contributed by atoms with van der Waals surface area (Å²) in [5.41, 5.74) is 2.59. The molecule has 22 heavy (non-hydrogen) atoms. The second-order valence-corrected chi connectivity index (χ2v) is 7.31. The van der Waals surface area contributed by atoms with Gasteiger partial charge in [-0.2, -0.15) is 13.1 Å². The highest BCUT2D eigenvalue weighted by Crippen LogP contribution is 2.28. The summed E-state index contributed by atoms with van der Waals surface area (Å²) in [7, 11) is -3.59. The number of rotatable bonds is 4. The maximum absolute atomic E-state index is 12.6. The number of aryl methyl sites for hydroxylation is 1. The van der Waals surface area contributed by atoms with Gasteiger partial charge in [-0.15, -0.1) is 0 Å². The lowest BCUT2D eigenvalue weighted by atomic mass is 10.0. The van der Waals surface area contributed by atoms with Crippen LogP contribution in [-0.4, -0.2) is 15.0 Å². The Morgan fingerprint density at radius 2 is 1.82 bits per heavy atom. The minimum absolute atomic E-state index is 0.181. The molecule has 0 atom stereocenters. The standard InChI is InChI=1S/C16H17ClN2O2S/c17-15-9-3-1-7-14(15)12-18-22(20,21)19-11-5-8-13-6-2-4-10-16(13)19/h1-4,6-7,9-10,18H,5,8,11-12H2. The average Bonchev–Trinajstić information content (AvgIpc) is 2.53. The molecule has 116 valence electrons. The number of nitrogens with zero attached hydrogens (tertiary/aromatic N) is 1. The Bertz CT molecular complexity index is 777. The highest BCUT2D eigenvalue weighted by Gasteiger charge is 2.26. The van der Waals surface area contributed by atoms with Gasteiger partial charge in [0.2, 0.25) is 0 Å². The van der Waals surface area contributed by atoms with Crippen molar-refractivity contribution in [1.29, 1.82) is 0 Å². The third-order valence-electron chi connectivity index (χ3n) is 3.76. The molecule has 3 rings (SSSR count). The van der Waals surface area contributed by atoms with Crippen LogP contribution in [0.3, 0.4) is 0 Å². The molecule has 0 aliphatic carbocycles. The van der Waals surface area contributed by atoms with E-state index in [9.17, 15) is 8.42 Å². The average molecular weight is 337 g/mol. The minimum Gasteiger partial charge on any atom is -0.258 e. The van der Waals surface area contributed by atoms with Crippen molar-refractivity contribution >= 4 is 27.5 Å². The second kappa shape index (κ2) is 6.28. The van der Waals surface area contributed by atoms with Crippen molar-refractivity contribution in [2.24, 2.45) is 0 Å². The Balaban J connectivity index is 1.81. The van der Waals surface area contributed by atoms with Crippen molar-refractivity contribution < 1.29 is 8.42 Å². The molecule has 0 spiro atoms. The molecule has 0 unspecified atom stereocenters. The number of hydrogen-bond donors (Lipinski definition) is 1. The number of anilines is 1. The summed E-state index contributed by atoms with van der Waals surface area (Å²) in [6.45, 7) is 0.676. The van der Waals surface area contributed by atoms with Crippen molar-refractivity contribution in [3.05, 3.63) is 64.7 Å². The Labute approximate surface area is 135 Å². The summed E-state index contributed by atoms with van der Waals surface area (Å²) in [5, 5.41) is 0.559. The van der Waals surface area contributed by atoms with Gasteiger partial charge in [-0.3, -0.25) is 4.31 Å². The topological polar surface area (TPSA) is 49.4 Å². The maximum atomic E-state index is 12.6. The highest BCUT2D eigenvalue weighted by atomic mass is 35.5. The minimum atomic E-state index is -3.59. The van der Waals surface area contributed by atoms with Crippen LogP contribution in [0.25, 0.3) is 0 Å². The van der Waals surface area contributed by atoms with E-state index in [1.807, 2.05) is 42.5 Å². The van der Waals surface area contributed by atoms with Gasteiger partial charge in [-0.25, -0.2) is 0 Å². The highest BCUT2D eigenvalue weighted by molar-refractivity contribution is 7.90. The maximum Gasteiger partial charge on any atom is 0.301 e. The van der Waals surface area contributed by atoms with Gasteiger partial charge < -0.3 is 0 Å². The number of hydrogen-bond acceptors (Lipinski definition) is 2. The predicted molar refractivity (Wildman–Crippen MR) is 89.3 cm³/mol. The molecular formula is C16H17ClN2O2S. The zero-order chi connectivity index (χ0) is 15.6. The summed E-state index contributed by atoms with van der Waals surface area (Å²) in [6, 6.07) is 14.9. The van der Waals surface area contributed by atoms with Gasteiger partial charge in [0.1, 0.15) is 0 Å². The second-order valence-electron chi connectivity index (χ2n) is 5.22. The molecule has 4 nitrogen and oxygen atoms in total. The Morgan fingerprint density at radius 1 is 1.09 bits per heavy atom. The van der Waals surface area contributed by atoms with E-state index in [4.69, 9.17) is 11.6 Å². The number of para-hydroxylation sites is 1. The summed E-state index contributed by atoms with van der Waals surface area (Å²) >= 11 is 6.07. The van der Waals surface area contributed by atoms with Crippen LogP contribution >= 0.6 is 11.6 Å². The Morgan fingerprint density at radius 3 is 2.64 bits per heavy atom. The van der Waals surface area contributed by atoms with Gasteiger partial charge in [0.05, 0.1) is 5.69 Å². The van der Waals surface area contributed by atoms with Gasteiger partial charge in [-0.1, -0.05) is 48.0 Å². The third-order valence-corrected chi connectivity index (χ3v) is 5.60. The molecule has 2 aromatic carbocycles. The first-order chi connectivity index (χ1) is 10.6. The van der Waals surface area contributed by atoms with Gasteiger partial charge in [0.15, 0.2) is 0 Å². The van der Waals surface area contributed by atoms with Crippen molar-refractivity contribution in [3.8, 4) is 0 Å². The van der Waals surface area contributed by atoms with E-state index in [0.717, 1.165) is 29.7 Å². The van der Waals surface area contributed by atoms with Gasteiger partial charge >= 0.3 is 10.2 Å². The van der Waals surface area contributed by atoms with E-state index in [-0.39, 0.29) is 6.54 Å². The molecule has 2 aromatic rings. The molecule has 0 bridgehead atoms. The van der Waals surface area contributed by atoms with Crippen LogP contribution in [0.1, 0.15) is 17.5 Å². The van der Waals surface area contributed by atoms with Crippen LogP contribution in [0.5, 0.6) is 0 Å². The lowest BCUT2D eigenvalue weighted by Gasteiger charge is -2.30. The van der Waals surface area contributed by atoms with Gasteiger partial charge in [0.25, 0.3) is 0 Å². The first kappa shape index (κ1) is 15.3. The van der Waals surface area contributed by atoms with Crippen LogP contribution < -0.4 is 9.03 Å². The van der Waals surface area contributed by atoms with E-state index < -0.39 is 10.2 Å². The predicted octanol–water partition coefficient (Wildman–Crippen LogP) is 3.13. The number of fused-ring (bicyclic) bond motifs is 1. The summed E-state index contributed by atoms with van der Waals surface area (Å²) in [5.74, 6) is 0. The molecule has 0 aromatic heterocycles. The van der Waals surface area contributed by atoms with Crippen LogP contribution in [0.4, 0.5) is 5.69 Å². The zero-order valence-electron chi connectivity index (χ0n) is 12.0. The summed E-state index contributed by atoms with van der Waals surface area (Å²) < 4.78 is 29.3. The van der Waals surface area contributed by atoms with Crippen molar-refractivity contribution in [3.63, 3.8) is 0 Å². The molecular weight excluding hydrogens is 320 g/mol. The van der Waals surface area contributed by atoms with Crippen molar-refractivity contribution in [1.82, 2.24) is 4.72 Å². The van der Waals surface area contributed by atoms with Crippen molar-refractivity contribution in [2.75, 3.05) is 10.8 Å². The molecule has 1 aliphatic rings. The Kier molecular flexibility index (Phi) is 4.38. The quantitative estimate of drug-likeness (QED) is 0.932. The van der Waals surface area contributed by atoms with Crippen LogP contribution in [0, 0.1) is 0 Å². The fraction of sp³-hybridized carbons (Fsp3) is 0.250. The molecule has 1 aliphatic heterocycles. The van der Waals surface area contributed by atoms with Crippen LogP contribution in [-0.2, 0) is 23.2 Å². The number of nitrogens with one attached hydrogen (secondary N) is 1. The lowest BCUT2D eigenvalue weighted by molar-refractivity contribution is 0.572. The molecule has 0 radical (unpaired) electrons. The fourth-order valence-electron chi connectivity index (χ4n) is 2.64. The normalized spacial score (nSPS) is 14.7. The fourth-order valence-corrected chi connectivity index (χ4v) is 4.14. The molecule has 0 saturated carbocycles. The van der Waals surface area contributed by atoms with E-state index >= 15 is 0 Å².